The number of rotatable bonds is 7. The van der Waals surface area contributed by atoms with E-state index in [1.807, 2.05) is 45.0 Å². The molecule has 8 heteroatoms. The molecule has 0 fully saturated rings. The molecule has 0 bridgehead atoms. The first-order valence-electron chi connectivity index (χ1n) is 10.1. The largest absolute Gasteiger partial charge is 0.489 e. The first kappa shape index (κ1) is 21.3. The van der Waals surface area contributed by atoms with Gasteiger partial charge in [-0.1, -0.05) is 17.3 Å². The van der Waals surface area contributed by atoms with E-state index in [4.69, 9.17) is 9.26 Å². The molecule has 32 heavy (non-hydrogen) atoms. The Bertz CT molecular complexity index is 1210. The topological polar surface area (TPSA) is 82.2 Å². The molecular weight excluding hydrogens is 411 g/mol. The predicted molar refractivity (Wildman–Crippen MR) is 117 cm³/mol. The third-order valence-corrected chi connectivity index (χ3v) is 5.02. The number of aromatic nitrogens is 3. The van der Waals surface area contributed by atoms with Gasteiger partial charge < -0.3 is 14.6 Å². The van der Waals surface area contributed by atoms with E-state index in [1.165, 1.54) is 12.1 Å². The molecule has 0 saturated carbocycles. The average molecular weight is 434 g/mol. The second-order valence-corrected chi connectivity index (χ2v) is 7.52. The molecule has 1 N–H and O–H groups in total. The Labute approximate surface area is 184 Å². The fourth-order valence-corrected chi connectivity index (χ4v) is 3.31. The van der Waals surface area contributed by atoms with Gasteiger partial charge in [0.2, 0.25) is 5.91 Å². The number of amides is 1. The maximum Gasteiger partial charge on any atom is 0.229 e. The zero-order valence-electron chi connectivity index (χ0n) is 18.1. The standard InChI is InChI=1S/C24H23FN4O3/c1-15-12-23(29(27-15)20-8-6-19(25)7-9-20)26-24(30)13-18-4-10-21(11-5-18)31-14-22-16(2)28-32-17(22)3/h4-12H,13-14H2,1-3H3,(H,26,30). The van der Waals surface area contributed by atoms with Crippen molar-refractivity contribution in [3.63, 3.8) is 0 Å². The molecule has 0 aliphatic rings. The maximum atomic E-state index is 13.2. The first-order chi connectivity index (χ1) is 15.4. The van der Waals surface area contributed by atoms with E-state index in [2.05, 4.69) is 15.6 Å². The minimum absolute atomic E-state index is 0.183. The lowest BCUT2D eigenvalue weighted by Gasteiger charge is -2.10. The number of carbonyl (C=O) groups is 1. The molecule has 1 amide bonds. The van der Waals surface area contributed by atoms with Gasteiger partial charge in [0.05, 0.1) is 29.1 Å². The number of aryl methyl sites for hydroxylation is 3. The van der Waals surface area contributed by atoms with Crippen molar-refractivity contribution < 1.29 is 18.4 Å². The lowest BCUT2D eigenvalue weighted by atomic mass is 10.1. The van der Waals surface area contributed by atoms with Crippen molar-refractivity contribution in [3.8, 4) is 11.4 Å². The molecule has 4 rings (SSSR count). The predicted octanol–water partition coefficient (Wildman–Crippen LogP) is 4.68. The summed E-state index contributed by atoms with van der Waals surface area (Å²) in [6, 6.07) is 15.1. The number of nitrogens with zero attached hydrogens (tertiary/aromatic N) is 3. The van der Waals surface area contributed by atoms with E-state index in [-0.39, 0.29) is 18.1 Å². The van der Waals surface area contributed by atoms with Crippen LogP contribution in [0.2, 0.25) is 0 Å². The summed E-state index contributed by atoms with van der Waals surface area (Å²) in [5.41, 5.74) is 3.99. The van der Waals surface area contributed by atoms with Gasteiger partial charge in [0.25, 0.3) is 0 Å². The number of carbonyl (C=O) groups excluding carboxylic acids is 1. The van der Waals surface area contributed by atoms with E-state index in [9.17, 15) is 9.18 Å². The first-order valence-corrected chi connectivity index (χ1v) is 10.1. The minimum atomic E-state index is -0.331. The van der Waals surface area contributed by atoms with Crippen molar-refractivity contribution in [2.45, 2.75) is 33.8 Å². The molecule has 0 radical (unpaired) electrons. The normalized spacial score (nSPS) is 10.9. The molecule has 4 aromatic rings. The molecular formula is C24H23FN4O3. The minimum Gasteiger partial charge on any atom is -0.489 e. The zero-order valence-corrected chi connectivity index (χ0v) is 18.1. The summed E-state index contributed by atoms with van der Waals surface area (Å²) in [5, 5.41) is 11.2. The summed E-state index contributed by atoms with van der Waals surface area (Å²) in [4.78, 5) is 12.6. The number of hydrogen-bond acceptors (Lipinski definition) is 5. The molecule has 0 atom stereocenters. The molecule has 2 aromatic carbocycles. The van der Waals surface area contributed by atoms with Crippen LogP contribution in [0.4, 0.5) is 10.2 Å². The zero-order chi connectivity index (χ0) is 22.7. The number of hydrogen-bond donors (Lipinski definition) is 1. The third kappa shape index (κ3) is 4.85. The van der Waals surface area contributed by atoms with Crippen LogP contribution >= 0.6 is 0 Å². The van der Waals surface area contributed by atoms with Crippen LogP contribution < -0.4 is 10.1 Å². The fraction of sp³-hybridized carbons (Fsp3) is 0.208. The van der Waals surface area contributed by atoms with Gasteiger partial charge in [0.1, 0.15) is 29.8 Å². The van der Waals surface area contributed by atoms with Gasteiger partial charge in [0.15, 0.2) is 0 Å². The Balaban J connectivity index is 1.38. The summed E-state index contributed by atoms with van der Waals surface area (Å²) in [7, 11) is 0. The second kappa shape index (κ2) is 9.05. The SMILES string of the molecule is Cc1cc(NC(=O)Cc2ccc(OCc3c(C)noc3C)cc2)n(-c2ccc(F)cc2)n1. The van der Waals surface area contributed by atoms with Crippen LogP contribution in [-0.4, -0.2) is 20.8 Å². The van der Waals surface area contributed by atoms with Crippen LogP contribution in [0.1, 0.15) is 28.3 Å². The highest BCUT2D eigenvalue weighted by Crippen LogP contribution is 2.20. The van der Waals surface area contributed by atoms with Crippen molar-refractivity contribution in [2.24, 2.45) is 0 Å². The van der Waals surface area contributed by atoms with Crippen molar-refractivity contribution in [2.75, 3.05) is 5.32 Å². The van der Waals surface area contributed by atoms with Crippen molar-refractivity contribution in [3.05, 3.63) is 88.7 Å². The highest BCUT2D eigenvalue weighted by molar-refractivity contribution is 5.91. The molecule has 2 heterocycles. The highest BCUT2D eigenvalue weighted by Gasteiger charge is 2.13. The van der Waals surface area contributed by atoms with Gasteiger partial charge in [-0.15, -0.1) is 0 Å². The number of ether oxygens (including phenoxy) is 1. The molecule has 0 aliphatic heterocycles. The number of benzene rings is 2. The van der Waals surface area contributed by atoms with Gasteiger partial charge in [-0.2, -0.15) is 5.10 Å². The van der Waals surface area contributed by atoms with E-state index in [0.717, 1.165) is 28.3 Å². The molecule has 0 saturated heterocycles. The molecule has 2 aromatic heterocycles. The van der Waals surface area contributed by atoms with Crippen molar-refractivity contribution in [1.29, 1.82) is 0 Å². The van der Waals surface area contributed by atoms with Crippen LogP contribution in [0.25, 0.3) is 5.69 Å². The van der Waals surface area contributed by atoms with E-state index in [1.54, 1.807) is 22.9 Å². The molecule has 0 unspecified atom stereocenters. The van der Waals surface area contributed by atoms with Gasteiger partial charge in [0, 0.05) is 6.07 Å². The average Bonchev–Trinajstić information content (AvgIpc) is 3.29. The highest BCUT2D eigenvalue weighted by atomic mass is 19.1. The number of halogens is 1. The Morgan fingerprint density at radius 2 is 1.81 bits per heavy atom. The van der Waals surface area contributed by atoms with E-state index < -0.39 is 0 Å². The van der Waals surface area contributed by atoms with Gasteiger partial charge >= 0.3 is 0 Å². The van der Waals surface area contributed by atoms with Crippen LogP contribution in [0.3, 0.4) is 0 Å². The Hall–Kier alpha value is -3.94. The van der Waals surface area contributed by atoms with E-state index in [0.29, 0.717) is 23.9 Å². The second-order valence-electron chi connectivity index (χ2n) is 7.52. The number of anilines is 1. The summed E-state index contributed by atoms with van der Waals surface area (Å²) in [5.74, 6) is 1.45. The van der Waals surface area contributed by atoms with Gasteiger partial charge in [-0.05, 0) is 62.7 Å². The lowest BCUT2D eigenvalue weighted by Crippen LogP contribution is -2.17. The molecule has 164 valence electrons. The van der Waals surface area contributed by atoms with Crippen LogP contribution in [0.5, 0.6) is 5.75 Å². The smallest absolute Gasteiger partial charge is 0.229 e. The van der Waals surface area contributed by atoms with Crippen molar-refractivity contribution in [1.82, 2.24) is 14.9 Å². The maximum absolute atomic E-state index is 13.2. The summed E-state index contributed by atoms with van der Waals surface area (Å²) in [6.07, 6.45) is 0.192. The van der Waals surface area contributed by atoms with E-state index >= 15 is 0 Å². The Morgan fingerprint density at radius 3 is 2.47 bits per heavy atom. The molecule has 0 spiro atoms. The third-order valence-electron chi connectivity index (χ3n) is 5.02. The monoisotopic (exact) mass is 434 g/mol. The Morgan fingerprint density at radius 1 is 1.09 bits per heavy atom. The van der Waals surface area contributed by atoms with Gasteiger partial charge in [-0.25, -0.2) is 9.07 Å². The van der Waals surface area contributed by atoms with Gasteiger partial charge in [-0.3, -0.25) is 4.79 Å². The lowest BCUT2D eigenvalue weighted by molar-refractivity contribution is -0.115. The van der Waals surface area contributed by atoms with Crippen LogP contribution in [0, 0.1) is 26.6 Å². The molecule has 0 aliphatic carbocycles. The quantitative estimate of drug-likeness (QED) is 0.457. The Kier molecular flexibility index (Phi) is 6.02. The number of nitrogens with one attached hydrogen (secondary N) is 1. The van der Waals surface area contributed by atoms with Crippen LogP contribution in [0.15, 0.2) is 59.1 Å². The summed E-state index contributed by atoms with van der Waals surface area (Å²) >= 11 is 0. The van der Waals surface area contributed by atoms with Crippen molar-refractivity contribution >= 4 is 11.7 Å². The fourth-order valence-electron chi connectivity index (χ4n) is 3.31. The van der Waals surface area contributed by atoms with Crippen LogP contribution in [-0.2, 0) is 17.8 Å². The molecule has 7 nitrogen and oxygen atoms in total. The summed E-state index contributed by atoms with van der Waals surface area (Å²) in [6.45, 7) is 5.93. The summed E-state index contributed by atoms with van der Waals surface area (Å²) < 4.78 is 25.8.